The van der Waals surface area contributed by atoms with Gasteiger partial charge in [0.25, 0.3) is 0 Å². The average Bonchev–Trinajstić information content (AvgIpc) is 3.62. The Labute approximate surface area is 273 Å². The van der Waals surface area contributed by atoms with E-state index in [1.54, 1.807) is 16.7 Å². The lowest BCUT2D eigenvalue weighted by Gasteiger charge is -2.60. The van der Waals surface area contributed by atoms with Gasteiger partial charge in [0.1, 0.15) is 0 Å². The van der Waals surface area contributed by atoms with Gasteiger partial charge >= 0.3 is 0 Å². The molecule has 7 aliphatic carbocycles. The molecule has 45 heavy (non-hydrogen) atoms. The van der Waals surface area contributed by atoms with Gasteiger partial charge in [-0.15, -0.1) is 5.92 Å². The van der Waals surface area contributed by atoms with Crippen molar-refractivity contribution >= 4 is 0 Å². The molecule has 4 N–H and O–H groups in total. The zero-order valence-electron chi connectivity index (χ0n) is 28.8. The van der Waals surface area contributed by atoms with Gasteiger partial charge in [0.05, 0.1) is 12.2 Å². The maximum atomic E-state index is 11.3. The van der Waals surface area contributed by atoms with Crippen molar-refractivity contribution in [2.45, 2.75) is 141 Å². The van der Waals surface area contributed by atoms with Gasteiger partial charge in [0.2, 0.25) is 0 Å². The predicted octanol–water partition coefficient (Wildman–Crippen LogP) is 6.94. The highest BCUT2D eigenvalue weighted by atomic mass is 16.3. The standard InChI is InChI=1S/C41H60N2O2/c1-23(2)29-17-34-24(3)13-30-20-39(34,5)41(21-29)12-8-11-31(41)10-7-9-26-15-32-16-28-14-27-18-35(42-22-25(4)44)36(45)19-33(27)37(28)40(32,6)43-38(26)30/h13,25-29,31-33,35-38,42-45H,1,8-9,11-12,14-22H2,2-6H3. The lowest BCUT2D eigenvalue weighted by Crippen LogP contribution is -2.64. The van der Waals surface area contributed by atoms with Crippen LogP contribution in [0.3, 0.4) is 0 Å². The van der Waals surface area contributed by atoms with Crippen molar-refractivity contribution in [3.63, 3.8) is 0 Å². The van der Waals surface area contributed by atoms with Gasteiger partial charge in [-0.05, 0) is 144 Å². The molecule has 1 aliphatic heterocycles. The molecule has 1 spiro atoms. The van der Waals surface area contributed by atoms with Crippen molar-refractivity contribution in [2.24, 2.45) is 58.2 Å². The van der Waals surface area contributed by atoms with Gasteiger partial charge in [-0.3, -0.25) is 0 Å². The van der Waals surface area contributed by atoms with Crippen LogP contribution in [-0.4, -0.2) is 46.6 Å². The second-order valence-electron chi connectivity index (χ2n) is 18.1. The molecule has 4 nitrogen and oxygen atoms in total. The molecule has 1 heterocycles. The van der Waals surface area contributed by atoms with Crippen molar-refractivity contribution in [1.29, 1.82) is 0 Å². The fourth-order valence-corrected chi connectivity index (χ4v) is 13.9. The van der Waals surface area contributed by atoms with Gasteiger partial charge < -0.3 is 20.8 Å². The summed E-state index contributed by atoms with van der Waals surface area (Å²) in [7, 11) is 0. The van der Waals surface area contributed by atoms with Crippen molar-refractivity contribution in [3.05, 3.63) is 34.9 Å². The predicted molar refractivity (Wildman–Crippen MR) is 182 cm³/mol. The molecule has 15 atom stereocenters. The minimum absolute atomic E-state index is 0.118. The van der Waals surface area contributed by atoms with Crippen molar-refractivity contribution < 1.29 is 10.2 Å². The molecule has 1 saturated heterocycles. The molecule has 6 fully saturated rings. The molecule has 2 bridgehead atoms. The Morgan fingerprint density at radius 3 is 2.73 bits per heavy atom. The molecule has 0 aromatic carbocycles. The number of allylic oxidation sites excluding steroid dienone is 4. The van der Waals surface area contributed by atoms with Crippen LogP contribution in [0.15, 0.2) is 34.9 Å². The zero-order valence-corrected chi connectivity index (χ0v) is 28.8. The highest BCUT2D eigenvalue weighted by Crippen LogP contribution is 2.70. The van der Waals surface area contributed by atoms with Crippen LogP contribution < -0.4 is 10.6 Å². The fraction of sp³-hybridized carbons (Fsp3) is 0.805. The number of fused-ring (bicyclic) bond motifs is 8. The number of aliphatic hydroxyl groups excluding tert-OH is 2. The molecule has 8 rings (SSSR count). The van der Waals surface area contributed by atoms with E-state index < -0.39 is 0 Å². The fourth-order valence-electron chi connectivity index (χ4n) is 13.9. The van der Waals surface area contributed by atoms with Crippen LogP contribution in [0.1, 0.15) is 112 Å². The Kier molecular flexibility index (Phi) is 7.43. The van der Waals surface area contributed by atoms with E-state index in [2.05, 4.69) is 62.8 Å². The maximum Gasteiger partial charge on any atom is 0.0696 e. The molecule has 4 heteroatoms. The topological polar surface area (TPSA) is 64.5 Å². The van der Waals surface area contributed by atoms with Crippen LogP contribution >= 0.6 is 0 Å². The molecule has 0 aromatic rings. The second-order valence-corrected chi connectivity index (χ2v) is 18.1. The second kappa shape index (κ2) is 10.8. The normalized spacial score (nSPS) is 51.9. The number of hydrogen-bond acceptors (Lipinski definition) is 4. The largest absolute Gasteiger partial charge is 0.392 e. The SMILES string of the molecule is C=C(C)C1CC2=C(C)C=C3CC2(C)C2(CCCC2C#CCC2CC4CC5CC6CC(NCC(C)O)C(O)CC6C5C4(C)NC32)C1. The first kappa shape index (κ1) is 30.9. The molecule has 246 valence electrons. The Morgan fingerprint density at radius 1 is 1.16 bits per heavy atom. The summed E-state index contributed by atoms with van der Waals surface area (Å²) in [6.07, 6.45) is 16.5. The molecule has 0 radical (unpaired) electrons. The number of aliphatic hydroxyl groups is 2. The highest BCUT2D eigenvalue weighted by Gasteiger charge is 2.65. The van der Waals surface area contributed by atoms with Crippen molar-refractivity contribution in [2.75, 3.05) is 6.54 Å². The Bertz CT molecular complexity index is 1370. The third-order valence-corrected chi connectivity index (χ3v) is 15.8. The van der Waals surface area contributed by atoms with E-state index >= 15 is 0 Å². The monoisotopic (exact) mass is 612 g/mol. The Hall–Kier alpha value is -1.38. The van der Waals surface area contributed by atoms with Crippen molar-refractivity contribution in [3.8, 4) is 11.8 Å². The van der Waals surface area contributed by atoms with E-state index in [4.69, 9.17) is 0 Å². The van der Waals surface area contributed by atoms with E-state index in [0.717, 1.165) is 25.2 Å². The molecular weight excluding hydrogens is 552 g/mol. The lowest BCUT2D eigenvalue weighted by atomic mass is 9.45. The van der Waals surface area contributed by atoms with Gasteiger partial charge in [0, 0.05) is 36.5 Å². The minimum Gasteiger partial charge on any atom is -0.392 e. The first-order valence-corrected chi connectivity index (χ1v) is 18.8. The first-order chi connectivity index (χ1) is 21.4. The molecule has 5 saturated carbocycles. The van der Waals surface area contributed by atoms with Gasteiger partial charge in [0.15, 0.2) is 0 Å². The first-order valence-electron chi connectivity index (χ1n) is 18.8. The van der Waals surface area contributed by atoms with Crippen LogP contribution in [0.5, 0.6) is 0 Å². The summed E-state index contributed by atoms with van der Waals surface area (Å²) in [6.45, 7) is 16.9. The van der Waals surface area contributed by atoms with E-state index in [1.165, 1.54) is 63.4 Å². The minimum atomic E-state index is -0.375. The van der Waals surface area contributed by atoms with Crippen LogP contribution in [-0.2, 0) is 0 Å². The third-order valence-electron chi connectivity index (χ3n) is 15.8. The molecule has 15 unspecified atom stereocenters. The maximum absolute atomic E-state index is 11.3. The summed E-state index contributed by atoms with van der Waals surface area (Å²) in [5.74, 6) is 13.0. The molecular formula is C41H60N2O2. The molecule has 0 aromatic heterocycles. The summed E-state index contributed by atoms with van der Waals surface area (Å²) in [4.78, 5) is 0. The number of piperidine rings is 1. The summed E-state index contributed by atoms with van der Waals surface area (Å²) >= 11 is 0. The lowest BCUT2D eigenvalue weighted by molar-refractivity contribution is -0.00707. The van der Waals surface area contributed by atoms with E-state index in [-0.39, 0.29) is 34.6 Å². The number of hydrogen-bond donors (Lipinski definition) is 4. The number of nitrogens with one attached hydrogen (secondary N) is 2. The molecule has 0 amide bonds. The van der Waals surface area contributed by atoms with E-state index in [1.807, 2.05) is 6.92 Å². The summed E-state index contributed by atoms with van der Waals surface area (Å²) in [5, 5.41) is 29.2. The summed E-state index contributed by atoms with van der Waals surface area (Å²) in [5.41, 5.74) is 6.89. The van der Waals surface area contributed by atoms with Crippen molar-refractivity contribution in [1.82, 2.24) is 10.6 Å². The van der Waals surface area contributed by atoms with Gasteiger partial charge in [-0.25, -0.2) is 0 Å². The van der Waals surface area contributed by atoms with Crippen LogP contribution in [0.4, 0.5) is 0 Å². The summed E-state index contributed by atoms with van der Waals surface area (Å²) in [6, 6.07) is 0.516. The number of rotatable bonds is 4. The van der Waals surface area contributed by atoms with E-state index in [9.17, 15) is 10.2 Å². The van der Waals surface area contributed by atoms with E-state index in [0.29, 0.717) is 54.0 Å². The smallest absolute Gasteiger partial charge is 0.0696 e. The quantitative estimate of drug-likeness (QED) is 0.205. The highest BCUT2D eigenvalue weighted by molar-refractivity contribution is 5.45. The third kappa shape index (κ3) is 4.53. The van der Waals surface area contributed by atoms with Crippen LogP contribution in [0, 0.1) is 70.0 Å². The Balaban J connectivity index is 1.13. The van der Waals surface area contributed by atoms with Gasteiger partial charge in [-0.1, -0.05) is 54.2 Å². The average molecular weight is 613 g/mol. The van der Waals surface area contributed by atoms with Crippen LogP contribution in [0.2, 0.25) is 0 Å². The van der Waals surface area contributed by atoms with Gasteiger partial charge in [-0.2, -0.15) is 0 Å². The molecule has 8 aliphatic rings. The zero-order chi connectivity index (χ0) is 31.5. The Morgan fingerprint density at radius 2 is 1.96 bits per heavy atom. The van der Waals surface area contributed by atoms with Crippen LogP contribution in [0.25, 0.3) is 0 Å². The summed E-state index contributed by atoms with van der Waals surface area (Å²) < 4.78 is 0.